The first-order valence-electron chi connectivity index (χ1n) is 6.19. The van der Waals surface area contributed by atoms with Crippen LogP contribution in [0.1, 0.15) is 27.6 Å². The Hall–Kier alpha value is -1.94. The van der Waals surface area contributed by atoms with Crippen LogP contribution < -0.4 is 16.2 Å². The van der Waals surface area contributed by atoms with Crippen LogP contribution in [-0.2, 0) is 4.79 Å². The van der Waals surface area contributed by atoms with Crippen molar-refractivity contribution in [2.24, 2.45) is 0 Å². The monoisotopic (exact) mass is 429 g/mol. The van der Waals surface area contributed by atoms with Crippen molar-refractivity contribution in [3.63, 3.8) is 0 Å². The second kappa shape index (κ2) is 7.36. The summed E-state index contributed by atoms with van der Waals surface area (Å²) in [4.78, 5) is 35.0. The molecule has 0 bridgehead atoms. The third-order valence-electron chi connectivity index (χ3n) is 2.61. The maximum absolute atomic E-state index is 12.3. The van der Waals surface area contributed by atoms with E-state index in [1.165, 1.54) is 18.3 Å². The van der Waals surface area contributed by atoms with Gasteiger partial charge in [0, 0.05) is 10.5 Å². The molecule has 6 nitrogen and oxygen atoms in total. The minimum Gasteiger partial charge on any atom is -0.313 e. The molecule has 114 valence electrons. The van der Waals surface area contributed by atoms with Crippen molar-refractivity contribution in [2.75, 3.05) is 5.32 Å². The van der Waals surface area contributed by atoms with Crippen LogP contribution in [0.5, 0.6) is 0 Å². The van der Waals surface area contributed by atoms with Crippen LogP contribution in [-0.4, -0.2) is 17.7 Å². The lowest BCUT2D eigenvalue weighted by Gasteiger charge is -2.08. The summed E-state index contributed by atoms with van der Waals surface area (Å²) in [5.41, 5.74) is 5.29. The zero-order valence-electron chi connectivity index (χ0n) is 11.5. The maximum atomic E-state index is 12.3. The molecular weight excluding hydrogens is 417 g/mol. The summed E-state index contributed by atoms with van der Waals surface area (Å²) in [5.74, 6) is -1.16. The van der Waals surface area contributed by atoms with Gasteiger partial charge in [0.05, 0.1) is 11.1 Å². The Morgan fingerprint density at radius 1 is 1.00 bits per heavy atom. The quantitative estimate of drug-likeness (QED) is 0.518. The van der Waals surface area contributed by atoms with Gasteiger partial charge in [-0.25, -0.2) is 0 Å². The van der Waals surface area contributed by atoms with E-state index in [2.05, 4.69) is 38.8 Å². The predicted octanol–water partition coefficient (Wildman–Crippen LogP) is 2.39. The van der Waals surface area contributed by atoms with Crippen molar-refractivity contribution in [1.82, 2.24) is 10.9 Å². The van der Waals surface area contributed by atoms with Gasteiger partial charge in [0.1, 0.15) is 5.00 Å². The second-order valence-corrected chi connectivity index (χ2v) is 6.31. The van der Waals surface area contributed by atoms with Crippen LogP contribution >= 0.6 is 33.9 Å². The molecular formula is C14H12IN3O3S. The molecule has 0 aliphatic rings. The Morgan fingerprint density at radius 3 is 2.41 bits per heavy atom. The lowest BCUT2D eigenvalue weighted by Crippen LogP contribution is -2.40. The van der Waals surface area contributed by atoms with Gasteiger partial charge in [-0.3, -0.25) is 25.2 Å². The summed E-state index contributed by atoms with van der Waals surface area (Å²) in [7, 11) is 0. The van der Waals surface area contributed by atoms with Gasteiger partial charge >= 0.3 is 0 Å². The van der Waals surface area contributed by atoms with E-state index < -0.39 is 5.91 Å². The normalized spacial score (nSPS) is 9.91. The molecule has 0 spiro atoms. The standard InChI is InChI=1S/C14H12IN3O3S/c1-8(19)17-18-13(21)10-6-7-22-14(10)16-12(20)9-4-2-3-5-11(9)15/h2-7H,1H3,(H,16,20)(H,17,19)(H,18,21). The largest absolute Gasteiger partial charge is 0.313 e. The molecule has 2 aromatic rings. The molecule has 1 aromatic carbocycles. The highest BCUT2D eigenvalue weighted by molar-refractivity contribution is 14.1. The number of hydrogen-bond acceptors (Lipinski definition) is 4. The molecule has 0 saturated carbocycles. The zero-order chi connectivity index (χ0) is 16.1. The van der Waals surface area contributed by atoms with Gasteiger partial charge in [0.2, 0.25) is 5.91 Å². The molecule has 22 heavy (non-hydrogen) atoms. The molecule has 0 radical (unpaired) electrons. The van der Waals surface area contributed by atoms with E-state index in [0.29, 0.717) is 10.6 Å². The summed E-state index contributed by atoms with van der Waals surface area (Å²) >= 11 is 3.31. The number of nitrogens with one attached hydrogen (secondary N) is 3. The molecule has 2 rings (SSSR count). The highest BCUT2D eigenvalue weighted by Crippen LogP contribution is 2.24. The maximum Gasteiger partial charge on any atom is 0.272 e. The summed E-state index contributed by atoms with van der Waals surface area (Å²) in [5, 5.41) is 4.83. The van der Waals surface area contributed by atoms with E-state index in [1.54, 1.807) is 23.6 Å². The molecule has 0 aliphatic carbocycles. The lowest BCUT2D eigenvalue weighted by atomic mass is 10.2. The minimum absolute atomic E-state index is 0.290. The summed E-state index contributed by atoms with van der Waals surface area (Å²) < 4.78 is 0.818. The van der Waals surface area contributed by atoms with Crippen molar-refractivity contribution in [1.29, 1.82) is 0 Å². The van der Waals surface area contributed by atoms with Crippen molar-refractivity contribution >= 4 is 56.7 Å². The molecule has 8 heteroatoms. The van der Waals surface area contributed by atoms with Crippen LogP contribution in [0.2, 0.25) is 0 Å². The molecule has 0 saturated heterocycles. The summed E-state index contributed by atoms with van der Waals surface area (Å²) in [6, 6.07) is 8.73. The number of anilines is 1. The van der Waals surface area contributed by atoms with E-state index in [0.717, 1.165) is 3.57 Å². The van der Waals surface area contributed by atoms with Crippen LogP contribution in [0.4, 0.5) is 5.00 Å². The van der Waals surface area contributed by atoms with Gasteiger partial charge in [-0.05, 0) is 46.2 Å². The molecule has 3 N–H and O–H groups in total. The number of thiophene rings is 1. The lowest BCUT2D eigenvalue weighted by molar-refractivity contribution is -0.119. The minimum atomic E-state index is -0.491. The van der Waals surface area contributed by atoms with E-state index in [9.17, 15) is 14.4 Å². The fourth-order valence-corrected chi connectivity index (χ4v) is 3.02. The van der Waals surface area contributed by atoms with Crippen molar-refractivity contribution in [2.45, 2.75) is 6.92 Å². The number of rotatable bonds is 3. The van der Waals surface area contributed by atoms with Crippen LogP contribution in [0.15, 0.2) is 35.7 Å². The van der Waals surface area contributed by atoms with E-state index in [1.807, 2.05) is 12.1 Å². The Kier molecular flexibility index (Phi) is 5.50. The van der Waals surface area contributed by atoms with E-state index >= 15 is 0 Å². The Labute approximate surface area is 144 Å². The molecule has 0 aliphatic heterocycles. The molecule has 3 amide bonds. The second-order valence-electron chi connectivity index (χ2n) is 4.23. The van der Waals surface area contributed by atoms with Crippen molar-refractivity contribution < 1.29 is 14.4 Å². The van der Waals surface area contributed by atoms with Crippen molar-refractivity contribution in [3.05, 3.63) is 50.4 Å². The van der Waals surface area contributed by atoms with Gasteiger partial charge in [-0.15, -0.1) is 11.3 Å². The van der Waals surface area contributed by atoms with Crippen LogP contribution in [0, 0.1) is 3.57 Å². The number of carbonyl (C=O) groups is 3. The smallest absolute Gasteiger partial charge is 0.272 e. The number of amides is 3. The average Bonchev–Trinajstić information content (AvgIpc) is 2.93. The molecule has 1 aromatic heterocycles. The summed E-state index contributed by atoms with van der Waals surface area (Å²) in [6.07, 6.45) is 0. The van der Waals surface area contributed by atoms with Crippen molar-refractivity contribution in [3.8, 4) is 0 Å². The van der Waals surface area contributed by atoms with Gasteiger partial charge in [-0.1, -0.05) is 12.1 Å². The average molecular weight is 429 g/mol. The molecule has 0 fully saturated rings. The van der Waals surface area contributed by atoms with E-state index in [-0.39, 0.29) is 17.4 Å². The number of hydrazine groups is 1. The number of benzene rings is 1. The van der Waals surface area contributed by atoms with Gasteiger partial charge in [0.25, 0.3) is 11.8 Å². The Morgan fingerprint density at radius 2 is 1.73 bits per heavy atom. The molecule has 0 unspecified atom stereocenters. The SMILES string of the molecule is CC(=O)NNC(=O)c1ccsc1NC(=O)c1ccccc1I. The molecule has 0 atom stereocenters. The first-order chi connectivity index (χ1) is 10.5. The van der Waals surface area contributed by atoms with Gasteiger partial charge in [-0.2, -0.15) is 0 Å². The highest BCUT2D eigenvalue weighted by atomic mass is 127. The van der Waals surface area contributed by atoms with Gasteiger partial charge in [0.15, 0.2) is 0 Å². The third kappa shape index (κ3) is 4.04. The highest BCUT2D eigenvalue weighted by Gasteiger charge is 2.17. The third-order valence-corrected chi connectivity index (χ3v) is 4.38. The topological polar surface area (TPSA) is 87.3 Å². The zero-order valence-corrected chi connectivity index (χ0v) is 14.4. The molecule has 1 heterocycles. The van der Waals surface area contributed by atoms with Crippen LogP contribution in [0.3, 0.4) is 0 Å². The first kappa shape index (κ1) is 16.4. The number of hydrogen-bond donors (Lipinski definition) is 3. The summed E-state index contributed by atoms with van der Waals surface area (Å²) in [6.45, 7) is 1.29. The fraction of sp³-hybridized carbons (Fsp3) is 0.0714. The Balaban J connectivity index is 2.13. The predicted molar refractivity (Wildman–Crippen MR) is 92.7 cm³/mol. The first-order valence-corrected chi connectivity index (χ1v) is 8.15. The Bertz CT molecular complexity index is 730. The van der Waals surface area contributed by atoms with Crippen LogP contribution in [0.25, 0.3) is 0 Å². The van der Waals surface area contributed by atoms with Gasteiger partial charge < -0.3 is 5.32 Å². The number of carbonyl (C=O) groups excluding carboxylic acids is 3. The van der Waals surface area contributed by atoms with E-state index in [4.69, 9.17) is 0 Å². The number of halogens is 1. The fourth-order valence-electron chi connectivity index (χ4n) is 1.61.